The third-order valence-electron chi connectivity index (χ3n) is 5.09. The number of amides is 2. The van der Waals surface area contributed by atoms with E-state index in [0.717, 1.165) is 10.6 Å². The second-order valence-electron chi connectivity index (χ2n) is 8.41. The maximum atomic E-state index is 13.5. The van der Waals surface area contributed by atoms with E-state index in [2.05, 4.69) is 5.32 Å². The maximum Gasteiger partial charge on any atom is 0.244 e. The highest BCUT2D eigenvalue weighted by Crippen LogP contribution is 2.34. The average molecular weight is 583 g/mol. The van der Waals surface area contributed by atoms with Crippen LogP contribution in [0.1, 0.15) is 26.3 Å². The Bertz CT molecular complexity index is 1190. The molecule has 0 bridgehead atoms. The van der Waals surface area contributed by atoms with Crippen molar-refractivity contribution in [3.63, 3.8) is 0 Å². The molecule has 2 amide bonds. The monoisotopic (exact) mass is 581 g/mol. The standard InChI is InChI=1S/C23H27Cl4N3O4S/c1-14(2)11-28-23(32)15(3)29(12-16-8-9-17(24)10-19(16)26)21(31)13-30(35(4,33)34)20-7-5-6-18(25)22(20)27/h5-10,14-15H,11-13H2,1-4H3,(H,28,32)/t15-/m0/s1. The zero-order chi connectivity index (χ0) is 26.5. The largest absolute Gasteiger partial charge is 0.354 e. The van der Waals surface area contributed by atoms with Crippen molar-refractivity contribution in [1.29, 1.82) is 0 Å². The van der Waals surface area contributed by atoms with Crippen molar-refractivity contribution in [3.05, 3.63) is 62.1 Å². The Kier molecular flexibility index (Phi) is 10.5. The van der Waals surface area contributed by atoms with Crippen LogP contribution in [0.4, 0.5) is 5.69 Å². The van der Waals surface area contributed by atoms with E-state index in [9.17, 15) is 18.0 Å². The number of nitrogens with zero attached hydrogens (tertiary/aromatic N) is 2. The first-order chi connectivity index (χ1) is 16.2. The summed E-state index contributed by atoms with van der Waals surface area (Å²) in [6.07, 6.45) is 0.955. The molecule has 0 fully saturated rings. The summed E-state index contributed by atoms with van der Waals surface area (Å²) >= 11 is 24.6. The number of hydrogen-bond donors (Lipinski definition) is 1. The third kappa shape index (κ3) is 8.15. The van der Waals surface area contributed by atoms with Crippen molar-refractivity contribution in [2.45, 2.75) is 33.4 Å². The van der Waals surface area contributed by atoms with Gasteiger partial charge in [0.2, 0.25) is 21.8 Å². The van der Waals surface area contributed by atoms with Crippen molar-refractivity contribution >= 4 is 73.9 Å². The zero-order valence-electron chi connectivity index (χ0n) is 19.7. The van der Waals surface area contributed by atoms with Crippen LogP contribution < -0.4 is 9.62 Å². The maximum absolute atomic E-state index is 13.5. The van der Waals surface area contributed by atoms with Crippen LogP contribution in [0.2, 0.25) is 20.1 Å². The fourth-order valence-corrected chi connectivity index (χ4v) is 4.92. The molecule has 12 heteroatoms. The van der Waals surface area contributed by atoms with Gasteiger partial charge in [-0.1, -0.05) is 72.4 Å². The summed E-state index contributed by atoms with van der Waals surface area (Å²) in [5, 5.41) is 3.65. The van der Waals surface area contributed by atoms with Gasteiger partial charge in [0.15, 0.2) is 0 Å². The SMILES string of the molecule is CC(C)CNC(=O)[C@H](C)N(Cc1ccc(Cl)cc1Cl)C(=O)CN(c1cccc(Cl)c1Cl)S(C)(=O)=O. The highest BCUT2D eigenvalue weighted by molar-refractivity contribution is 7.92. The lowest BCUT2D eigenvalue weighted by atomic mass is 10.1. The van der Waals surface area contributed by atoms with Crippen molar-refractivity contribution in [1.82, 2.24) is 10.2 Å². The summed E-state index contributed by atoms with van der Waals surface area (Å²) in [5.41, 5.74) is 0.594. The summed E-state index contributed by atoms with van der Waals surface area (Å²) in [5.74, 6) is -0.819. The van der Waals surface area contributed by atoms with E-state index in [-0.39, 0.29) is 34.1 Å². The second-order valence-corrected chi connectivity index (χ2v) is 12.0. The van der Waals surface area contributed by atoms with Gasteiger partial charge >= 0.3 is 0 Å². The van der Waals surface area contributed by atoms with Crippen LogP contribution in [0, 0.1) is 5.92 Å². The molecule has 192 valence electrons. The van der Waals surface area contributed by atoms with Gasteiger partial charge in [-0.2, -0.15) is 0 Å². The van der Waals surface area contributed by atoms with E-state index in [1.54, 1.807) is 19.1 Å². The van der Waals surface area contributed by atoms with Crippen molar-refractivity contribution in [2.24, 2.45) is 5.92 Å². The first-order valence-corrected chi connectivity index (χ1v) is 14.0. The molecule has 0 spiro atoms. The van der Waals surface area contributed by atoms with Gasteiger partial charge in [0.05, 0.1) is 22.0 Å². The van der Waals surface area contributed by atoms with Gasteiger partial charge in [0.1, 0.15) is 12.6 Å². The predicted molar refractivity (Wildman–Crippen MR) is 143 cm³/mol. The Balaban J connectivity index is 2.45. The van der Waals surface area contributed by atoms with Crippen LogP contribution in [0.5, 0.6) is 0 Å². The van der Waals surface area contributed by atoms with Crippen LogP contribution in [0.3, 0.4) is 0 Å². The molecular weight excluding hydrogens is 556 g/mol. The molecule has 35 heavy (non-hydrogen) atoms. The molecule has 0 saturated carbocycles. The Morgan fingerprint density at radius 2 is 1.66 bits per heavy atom. The smallest absolute Gasteiger partial charge is 0.244 e. The van der Waals surface area contributed by atoms with Gasteiger partial charge in [0.25, 0.3) is 0 Å². The van der Waals surface area contributed by atoms with Crippen LogP contribution in [-0.4, -0.2) is 50.5 Å². The Labute approximate surface area is 226 Å². The quantitative estimate of drug-likeness (QED) is 0.414. The zero-order valence-corrected chi connectivity index (χ0v) is 23.5. The molecular formula is C23H27Cl4N3O4S. The number of benzene rings is 2. The van der Waals surface area contributed by atoms with Gasteiger partial charge in [0, 0.05) is 23.1 Å². The number of anilines is 1. The summed E-state index contributed by atoms with van der Waals surface area (Å²) in [7, 11) is -3.94. The first kappa shape index (κ1) is 29.5. The van der Waals surface area contributed by atoms with E-state index in [0.29, 0.717) is 22.2 Å². The molecule has 1 atom stereocenters. The molecule has 2 aromatic carbocycles. The molecule has 0 saturated heterocycles. The van der Waals surface area contributed by atoms with Crippen LogP contribution in [-0.2, 0) is 26.2 Å². The number of carbonyl (C=O) groups excluding carboxylic acids is 2. The highest BCUT2D eigenvalue weighted by atomic mass is 35.5. The number of rotatable bonds is 10. The van der Waals surface area contributed by atoms with Gasteiger partial charge in [-0.3, -0.25) is 13.9 Å². The molecule has 2 rings (SSSR count). The molecule has 0 unspecified atom stereocenters. The summed E-state index contributed by atoms with van der Waals surface area (Å²) in [4.78, 5) is 27.6. The normalized spacial score (nSPS) is 12.4. The van der Waals surface area contributed by atoms with Crippen LogP contribution in [0.25, 0.3) is 0 Å². The number of halogens is 4. The molecule has 0 aliphatic carbocycles. The molecule has 1 N–H and O–H groups in total. The molecule has 0 radical (unpaired) electrons. The lowest BCUT2D eigenvalue weighted by molar-refractivity contribution is -0.139. The molecule has 0 heterocycles. The summed E-state index contributed by atoms with van der Waals surface area (Å²) in [6, 6.07) is 8.34. The Morgan fingerprint density at radius 3 is 2.23 bits per heavy atom. The van der Waals surface area contributed by atoms with Crippen molar-refractivity contribution in [2.75, 3.05) is 23.7 Å². The summed E-state index contributed by atoms with van der Waals surface area (Å²) in [6.45, 7) is 5.22. The van der Waals surface area contributed by atoms with Gasteiger partial charge in [-0.05, 0) is 42.7 Å². The first-order valence-electron chi connectivity index (χ1n) is 10.6. The topological polar surface area (TPSA) is 86.8 Å². The fourth-order valence-electron chi connectivity index (χ4n) is 3.15. The van der Waals surface area contributed by atoms with Crippen LogP contribution >= 0.6 is 46.4 Å². The molecule has 7 nitrogen and oxygen atoms in total. The van der Waals surface area contributed by atoms with E-state index in [1.807, 2.05) is 13.8 Å². The molecule has 0 aromatic heterocycles. The molecule has 0 aliphatic rings. The minimum Gasteiger partial charge on any atom is -0.354 e. The minimum atomic E-state index is -3.94. The van der Waals surface area contributed by atoms with E-state index in [1.165, 1.54) is 29.2 Å². The predicted octanol–water partition coefficient (Wildman–Crippen LogP) is 5.26. The number of carbonyl (C=O) groups is 2. The van der Waals surface area contributed by atoms with E-state index < -0.39 is 28.5 Å². The minimum absolute atomic E-state index is 0.0117. The number of nitrogens with one attached hydrogen (secondary N) is 1. The van der Waals surface area contributed by atoms with Crippen LogP contribution in [0.15, 0.2) is 36.4 Å². The van der Waals surface area contributed by atoms with E-state index in [4.69, 9.17) is 46.4 Å². The number of sulfonamides is 1. The molecule has 0 aliphatic heterocycles. The van der Waals surface area contributed by atoms with Crippen molar-refractivity contribution in [3.8, 4) is 0 Å². The Morgan fingerprint density at radius 1 is 1.00 bits per heavy atom. The highest BCUT2D eigenvalue weighted by Gasteiger charge is 2.31. The van der Waals surface area contributed by atoms with Gasteiger partial charge < -0.3 is 10.2 Å². The summed E-state index contributed by atoms with van der Waals surface area (Å²) < 4.78 is 26.1. The second kappa shape index (κ2) is 12.5. The average Bonchev–Trinajstić information content (AvgIpc) is 2.76. The number of hydrogen-bond acceptors (Lipinski definition) is 4. The molecule has 2 aromatic rings. The van der Waals surface area contributed by atoms with Gasteiger partial charge in [-0.15, -0.1) is 0 Å². The lowest BCUT2D eigenvalue weighted by Gasteiger charge is -2.32. The third-order valence-corrected chi connectivity index (χ3v) is 7.61. The lowest BCUT2D eigenvalue weighted by Crippen LogP contribution is -2.51. The van der Waals surface area contributed by atoms with Gasteiger partial charge in [-0.25, -0.2) is 8.42 Å². The Hall–Kier alpha value is -1.71. The fraction of sp³-hybridized carbons (Fsp3) is 0.391. The van der Waals surface area contributed by atoms with Crippen molar-refractivity contribution < 1.29 is 18.0 Å². The van der Waals surface area contributed by atoms with E-state index >= 15 is 0 Å².